The van der Waals surface area contributed by atoms with Crippen LogP contribution in [0.25, 0.3) is 0 Å². The quantitative estimate of drug-likeness (QED) is 0.830. The molecule has 1 saturated heterocycles. The van der Waals surface area contributed by atoms with Crippen LogP contribution in [0.4, 0.5) is 11.6 Å². The molecule has 0 N–H and O–H groups in total. The molecule has 0 bridgehead atoms. The summed E-state index contributed by atoms with van der Waals surface area (Å²) in [6, 6.07) is 4.79. The molecule has 0 unspecified atom stereocenters. The molecule has 0 amide bonds. The molecule has 0 spiro atoms. The van der Waals surface area contributed by atoms with Crippen molar-refractivity contribution in [1.82, 2.24) is 20.4 Å². The topological polar surface area (TPSA) is 67.3 Å². The summed E-state index contributed by atoms with van der Waals surface area (Å²) in [5.41, 5.74) is 4.83. The van der Waals surface area contributed by atoms with Crippen molar-refractivity contribution in [3.63, 3.8) is 0 Å². The molecule has 0 radical (unpaired) electrons. The lowest BCUT2D eigenvalue weighted by atomic mass is 9.96. The van der Waals surface area contributed by atoms with Gasteiger partial charge < -0.3 is 14.5 Å². The highest BCUT2D eigenvalue weighted by Crippen LogP contribution is 2.28. The highest BCUT2D eigenvalue weighted by molar-refractivity contribution is 5.50. The van der Waals surface area contributed by atoms with Crippen molar-refractivity contribution in [2.45, 2.75) is 44.8 Å². The van der Waals surface area contributed by atoms with Crippen LogP contribution in [0.2, 0.25) is 0 Å². The zero-order chi connectivity index (χ0) is 17.5. The molecule has 2 aromatic rings. The van der Waals surface area contributed by atoms with Crippen molar-refractivity contribution in [3.8, 4) is 0 Å². The minimum atomic E-state index is 0.421. The predicted molar refractivity (Wildman–Crippen MR) is 98.5 cm³/mol. The van der Waals surface area contributed by atoms with Crippen LogP contribution < -0.4 is 9.80 Å². The maximum Gasteiger partial charge on any atom is 0.151 e. The van der Waals surface area contributed by atoms with E-state index >= 15 is 0 Å². The van der Waals surface area contributed by atoms with Crippen LogP contribution in [0.15, 0.2) is 12.1 Å². The number of rotatable bonds is 3. The smallest absolute Gasteiger partial charge is 0.151 e. The summed E-state index contributed by atoms with van der Waals surface area (Å²) >= 11 is 0. The molecule has 3 aliphatic rings. The van der Waals surface area contributed by atoms with Gasteiger partial charge in [-0.05, 0) is 43.4 Å². The first kappa shape index (κ1) is 15.9. The summed E-state index contributed by atoms with van der Waals surface area (Å²) in [6.45, 7) is 3.28. The maximum absolute atomic E-state index is 5.54. The Morgan fingerprint density at radius 2 is 1.77 bits per heavy atom. The Labute approximate surface area is 153 Å². The highest BCUT2D eigenvalue weighted by Gasteiger charge is 2.33. The number of ether oxygens (including phenoxy) is 1. The van der Waals surface area contributed by atoms with Crippen LogP contribution in [-0.2, 0) is 30.6 Å². The zero-order valence-corrected chi connectivity index (χ0v) is 15.2. The van der Waals surface area contributed by atoms with Gasteiger partial charge in [0.25, 0.3) is 0 Å². The van der Waals surface area contributed by atoms with Crippen molar-refractivity contribution in [1.29, 1.82) is 0 Å². The van der Waals surface area contributed by atoms with E-state index in [-0.39, 0.29) is 0 Å². The van der Waals surface area contributed by atoms with Gasteiger partial charge in [0.2, 0.25) is 0 Å². The average Bonchev–Trinajstić information content (AvgIpc) is 2.66. The third-order valence-electron chi connectivity index (χ3n) is 5.84. The number of hydrogen-bond acceptors (Lipinski definition) is 7. The van der Waals surface area contributed by atoms with Crippen LogP contribution in [0.1, 0.15) is 35.4 Å². The van der Waals surface area contributed by atoms with Gasteiger partial charge in [-0.1, -0.05) is 0 Å². The van der Waals surface area contributed by atoms with Gasteiger partial charge in [-0.2, -0.15) is 10.2 Å². The molecule has 7 heteroatoms. The van der Waals surface area contributed by atoms with Gasteiger partial charge in [-0.25, -0.2) is 0 Å². The minimum Gasteiger partial charge on any atom is -0.376 e. The van der Waals surface area contributed by atoms with Crippen molar-refractivity contribution in [2.24, 2.45) is 0 Å². The molecule has 0 aromatic carbocycles. The molecule has 1 aliphatic carbocycles. The monoisotopic (exact) mass is 352 g/mol. The molecule has 136 valence electrons. The van der Waals surface area contributed by atoms with Crippen LogP contribution in [0.3, 0.4) is 0 Å². The van der Waals surface area contributed by atoms with Gasteiger partial charge >= 0.3 is 0 Å². The van der Waals surface area contributed by atoms with E-state index in [1.165, 1.54) is 29.7 Å². The highest BCUT2D eigenvalue weighted by atomic mass is 16.5. The van der Waals surface area contributed by atoms with E-state index in [2.05, 4.69) is 49.4 Å². The number of aromatic nitrogens is 4. The Morgan fingerprint density at radius 3 is 2.69 bits per heavy atom. The fourth-order valence-electron chi connectivity index (χ4n) is 4.01. The maximum atomic E-state index is 5.54. The molecule has 2 aliphatic heterocycles. The van der Waals surface area contributed by atoms with Crippen molar-refractivity contribution >= 4 is 11.6 Å². The lowest BCUT2D eigenvalue weighted by Crippen LogP contribution is -2.59. The Morgan fingerprint density at radius 1 is 0.962 bits per heavy atom. The van der Waals surface area contributed by atoms with Crippen LogP contribution in [-0.4, -0.2) is 53.2 Å². The Kier molecular flexibility index (Phi) is 3.96. The third-order valence-corrected chi connectivity index (χ3v) is 5.84. The summed E-state index contributed by atoms with van der Waals surface area (Å²) < 4.78 is 5.54. The molecule has 2 aromatic heterocycles. The Balaban J connectivity index is 1.26. The standard InChI is InChI=1S/C19H24N6O/c1-24(18-9-14-12-26-7-6-17(14)21-22-18)15-10-25(11-15)19-8-13-4-2-3-5-16(13)20-23-19/h8-9,15H,2-7,10-12H2,1H3. The van der Waals surface area contributed by atoms with Gasteiger partial charge in [0.15, 0.2) is 11.6 Å². The van der Waals surface area contributed by atoms with E-state index in [9.17, 15) is 0 Å². The number of anilines is 2. The molecule has 4 heterocycles. The second-order valence-electron chi connectivity index (χ2n) is 7.53. The van der Waals surface area contributed by atoms with E-state index < -0.39 is 0 Å². The lowest BCUT2D eigenvalue weighted by molar-refractivity contribution is 0.109. The molecular formula is C19H24N6O. The number of hydrogen-bond donors (Lipinski definition) is 0. The predicted octanol–water partition coefficient (Wildman–Crippen LogP) is 1.54. The fraction of sp³-hybridized carbons (Fsp3) is 0.579. The second-order valence-corrected chi connectivity index (χ2v) is 7.53. The van der Waals surface area contributed by atoms with E-state index in [1.54, 1.807) is 0 Å². The first-order valence-corrected chi connectivity index (χ1v) is 9.54. The van der Waals surface area contributed by atoms with Crippen molar-refractivity contribution < 1.29 is 4.74 Å². The molecule has 0 saturated carbocycles. The summed E-state index contributed by atoms with van der Waals surface area (Å²) in [4.78, 5) is 4.53. The minimum absolute atomic E-state index is 0.421. The van der Waals surface area contributed by atoms with E-state index in [0.717, 1.165) is 56.3 Å². The van der Waals surface area contributed by atoms with Crippen LogP contribution in [0.5, 0.6) is 0 Å². The third kappa shape index (κ3) is 2.80. The van der Waals surface area contributed by atoms with E-state index in [4.69, 9.17) is 4.74 Å². The number of likely N-dealkylation sites (N-methyl/N-ethyl adjacent to an activating group) is 1. The zero-order valence-electron chi connectivity index (χ0n) is 15.2. The fourth-order valence-corrected chi connectivity index (χ4v) is 4.01. The summed E-state index contributed by atoms with van der Waals surface area (Å²) in [5.74, 6) is 1.94. The van der Waals surface area contributed by atoms with Gasteiger partial charge in [0.05, 0.1) is 30.6 Å². The van der Waals surface area contributed by atoms with Crippen LogP contribution in [0, 0.1) is 0 Å². The molecule has 0 atom stereocenters. The molecule has 7 nitrogen and oxygen atoms in total. The van der Waals surface area contributed by atoms with Crippen LogP contribution >= 0.6 is 0 Å². The molecule has 1 fully saturated rings. The normalized spacial score (nSPS) is 19.5. The second kappa shape index (κ2) is 6.46. The van der Waals surface area contributed by atoms with Crippen molar-refractivity contribution in [3.05, 3.63) is 34.6 Å². The summed E-state index contributed by atoms with van der Waals surface area (Å²) in [6.07, 6.45) is 5.59. The SMILES string of the molecule is CN(c1cc2c(nn1)CCOC2)C1CN(c2cc3c(nn2)CCCC3)C1. The summed E-state index contributed by atoms with van der Waals surface area (Å²) in [7, 11) is 2.10. The van der Waals surface area contributed by atoms with Crippen molar-refractivity contribution in [2.75, 3.05) is 36.5 Å². The lowest BCUT2D eigenvalue weighted by Gasteiger charge is -2.45. The first-order valence-electron chi connectivity index (χ1n) is 9.54. The average molecular weight is 352 g/mol. The molecule has 26 heavy (non-hydrogen) atoms. The van der Waals surface area contributed by atoms with E-state index in [1.807, 2.05) is 0 Å². The van der Waals surface area contributed by atoms with Gasteiger partial charge in [0, 0.05) is 32.1 Å². The number of nitrogens with zero attached hydrogens (tertiary/aromatic N) is 6. The molecular weight excluding hydrogens is 328 g/mol. The number of fused-ring (bicyclic) bond motifs is 2. The Bertz CT molecular complexity index is 820. The number of aryl methyl sites for hydroxylation is 2. The Hall–Kier alpha value is -2.28. The largest absolute Gasteiger partial charge is 0.376 e. The van der Waals surface area contributed by atoms with Gasteiger partial charge in [-0.3, -0.25) is 0 Å². The molecule has 5 rings (SSSR count). The van der Waals surface area contributed by atoms with Gasteiger partial charge in [0.1, 0.15) is 0 Å². The first-order chi connectivity index (χ1) is 12.8. The van der Waals surface area contributed by atoms with E-state index in [0.29, 0.717) is 12.6 Å². The van der Waals surface area contributed by atoms with Gasteiger partial charge in [-0.15, -0.1) is 10.2 Å². The summed E-state index contributed by atoms with van der Waals surface area (Å²) in [5, 5.41) is 17.7.